The van der Waals surface area contributed by atoms with Gasteiger partial charge in [-0.05, 0) is 25.0 Å². The quantitative estimate of drug-likeness (QED) is 0.933. The number of aromatic nitrogens is 3. The van der Waals surface area contributed by atoms with E-state index in [9.17, 15) is 9.18 Å². The number of nitrogens with zero attached hydrogens (tertiary/aromatic N) is 3. The minimum Gasteiger partial charge on any atom is -0.349 e. The Balaban J connectivity index is 1.63. The molecule has 0 atom stereocenters. The molecule has 0 aliphatic carbocycles. The molecule has 0 saturated heterocycles. The molecule has 1 aromatic heterocycles. The van der Waals surface area contributed by atoms with Gasteiger partial charge in [-0.25, -0.2) is 4.39 Å². The van der Waals surface area contributed by atoms with E-state index in [0.29, 0.717) is 0 Å². The molecule has 1 aliphatic rings. The highest BCUT2D eigenvalue weighted by molar-refractivity contribution is 6.31. The van der Waals surface area contributed by atoms with E-state index in [1.54, 1.807) is 6.07 Å². The van der Waals surface area contributed by atoms with Gasteiger partial charge in [-0.3, -0.25) is 4.79 Å². The van der Waals surface area contributed by atoms with E-state index in [1.807, 2.05) is 0 Å². The number of carbonyl (C=O) groups is 1. The van der Waals surface area contributed by atoms with Crippen molar-refractivity contribution in [3.63, 3.8) is 0 Å². The van der Waals surface area contributed by atoms with E-state index < -0.39 is 5.82 Å². The summed E-state index contributed by atoms with van der Waals surface area (Å²) in [7, 11) is 0. The zero-order chi connectivity index (χ0) is 16.2. The number of benzene rings is 1. The molecule has 1 aliphatic heterocycles. The molecular formula is C16H18ClFN4O. The third-order valence-corrected chi connectivity index (χ3v) is 4.38. The minimum absolute atomic E-state index is 0.0908. The van der Waals surface area contributed by atoms with Crippen LogP contribution in [0.15, 0.2) is 18.2 Å². The number of amides is 1. The molecule has 0 fully saturated rings. The fourth-order valence-electron chi connectivity index (χ4n) is 2.78. The van der Waals surface area contributed by atoms with Gasteiger partial charge in [0.05, 0.1) is 13.0 Å². The van der Waals surface area contributed by atoms with Crippen LogP contribution in [-0.2, 0) is 30.7 Å². The van der Waals surface area contributed by atoms with E-state index in [-0.39, 0.29) is 29.5 Å². The van der Waals surface area contributed by atoms with Crippen molar-refractivity contribution in [3.8, 4) is 0 Å². The second kappa shape index (κ2) is 7.08. The third kappa shape index (κ3) is 3.69. The summed E-state index contributed by atoms with van der Waals surface area (Å²) in [5.41, 5.74) is 0.215. The van der Waals surface area contributed by atoms with E-state index in [1.165, 1.54) is 18.6 Å². The second-order valence-corrected chi connectivity index (χ2v) is 6.06. The van der Waals surface area contributed by atoms with Gasteiger partial charge in [-0.15, -0.1) is 10.2 Å². The van der Waals surface area contributed by atoms with Crippen LogP contribution in [0, 0.1) is 5.82 Å². The first-order valence-electron chi connectivity index (χ1n) is 7.75. The van der Waals surface area contributed by atoms with Gasteiger partial charge in [0.25, 0.3) is 0 Å². The first-order chi connectivity index (χ1) is 11.1. The maximum absolute atomic E-state index is 13.7. The summed E-state index contributed by atoms with van der Waals surface area (Å²) >= 11 is 5.94. The fourth-order valence-corrected chi connectivity index (χ4v) is 3.01. The number of rotatable bonds is 4. The molecule has 0 spiro atoms. The molecule has 0 unspecified atom stereocenters. The Hall–Kier alpha value is -1.95. The molecule has 122 valence electrons. The van der Waals surface area contributed by atoms with Gasteiger partial charge in [0.15, 0.2) is 5.82 Å². The number of halogens is 2. The average Bonchev–Trinajstić information content (AvgIpc) is 2.76. The molecular weight excluding hydrogens is 319 g/mol. The molecule has 0 radical (unpaired) electrons. The standard InChI is InChI=1S/C16H18ClFN4O/c17-12-5-4-6-13(18)11(12)9-16(23)19-10-15-21-20-14-7-2-1-3-8-22(14)15/h4-6H,1-3,7-10H2,(H,19,23). The number of carbonyl (C=O) groups excluding carboxylic acids is 1. The van der Waals surface area contributed by atoms with Gasteiger partial charge >= 0.3 is 0 Å². The molecule has 2 heterocycles. The molecule has 23 heavy (non-hydrogen) atoms. The first kappa shape index (κ1) is 15.9. The zero-order valence-corrected chi connectivity index (χ0v) is 13.4. The summed E-state index contributed by atoms with van der Waals surface area (Å²) in [5, 5.41) is 11.4. The van der Waals surface area contributed by atoms with Crippen molar-refractivity contribution in [1.29, 1.82) is 0 Å². The van der Waals surface area contributed by atoms with Crippen LogP contribution in [0.4, 0.5) is 4.39 Å². The number of fused-ring (bicyclic) bond motifs is 1. The SMILES string of the molecule is O=C(Cc1c(F)cccc1Cl)NCc1nnc2n1CCCCC2. The maximum atomic E-state index is 13.7. The lowest BCUT2D eigenvalue weighted by molar-refractivity contribution is -0.120. The summed E-state index contributed by atoms with van der Waals surface area (Å²) in [5.74, 6) is 0.964. The molecule has 1 aromatic carbocycles. The lowest BCUT2D eigenvalue weighted by atomic mass is 10.1. The van der Waals surface area contributed by atoms with Gasteiger partial charge in [0, 0.05) is 23.6 Å². The van der Waals surface area contributed by atoms with Crippen molar-refractivity contribution >= 4 is 17.5 Å². The number of hydrogen-bond acceptors (Lipinski definition) is 3. The van der Waals surface area contributed by atoms with Crippen LogP contribution in [0.1, 0.15) is 36.5 Å². The molecule has 0 bridgehead atoms. The summed E-state index contributed by atoms with van der Waals surface area (Å²) in [6.07, 6.45) is 4.23. The van der Waals surface area contributed by atoms with Crippen molar-refractivity contribution in [1.82, 2.24) is 20.1 Å². The van der Waals surface area contributed by atoms with E-state index in [4.69, 9.17) is 11.6 Å². The highest BCUT2D eigenvalue weighted by Gasteiger charge is 2.16. The Kier molecular flexibility index (Phi) is 4.91. The Labute approximate surface area is 138 Å². The molecule has 5 nitrogen and oxygen atoms in total. The van der Waals surface area contributed by atoms with Crippen molar-refractivity contribution in [3.05, 3.63) is 46.3 Å². The second-order valence-electron chi connectivity index (χ2n) is 5.65. The zero-order valence-electron chi connectivity index (χ0n) is 12.7. The lowest BCUT2D eigenvalue weighted by Gasteiger charge is -2.09. The van der Waals surface area contributed by atoms with E-state index in [0.717, 1.165) is 37.5 Å². The Morgan fingerprint density at radius 3 is 3.00 bits per heavy atom. The molecule has 2 aromatic rings. The summed E-state index contributed by atoms with van der Waals surface area (Å²) in [4.78, 5) is 12.1. The van der Waals surface area contributed by atoms with E-state index in [2.05, 4.69) is 20.1 Å². The Morgan fingerprint density at radius 2 is 2.17 bits per heavy atom. The third-order valence-electron chi connectivity index (χ3n) is 4.03. The van der Waals surface area contributed by atoms with Crippen LogP contribution in [0.5, 0.6) is 0 Å². The van der Waals surface area contributed by atoms with Crippen molar-refractivity contribution in [2.75, 3.05) is 0 Å². The summed E-state index contributed by atoms with van der Waals surface area (Å²) in [6.45, 7) is 1.17. The van der Waals surface area contributed by atoms with Crippen LogP contribution in [0.2, 0.25) is 5.02 Å². The molecule has 1 amide bonds. The lowest BCUT2D eigenvalue weighted by Crippen LogP contribution is -2.27. The topological polar surface area (TPSA) is 59.8 Å². The Bertz CT molecular complexity index is 696. The fraction of sp³-hybridized carbons (Fsp3) is 0.438. The summed E-state index contributed by atoms with van der Waals surface area (Å²) in [6, 6.07) is 4.39. The van der Waals surface area contributed by atoms with Crippen molar-refractivity contribution in [2.24, 2.45) is 0 Å². The van der Waals surface area contributed by atoms with Gasteiger partial charge in [-0.2, -0.15) is 0 Å². The highest BCUT2D eigenvalue weighted by Crippen LogP contribution is 2.19. The maximum Gasteiger partial charge on any atom is 0.224 e. The number of hydrogen-bond donors (Lipinski definition) is 1. The van der Waals surface area contributed by atoms with Crippen LogP contribution >= 0.6 is 11.6 Å². The van der Waals surface area contributed by atoms with Gasteiger partial charge < -0.3 is 9.88 Å². The number of aryl methyl sites for hydroxylation is 1. The predicted octanol–water partition coefficient (Wildman–Crippen LogP) is 2.66. The molecule has 3 rings (SSSR count). The van der Waals surface area contributed by atoms with Crippen LogP contribution in [0.25, 0.3) is 0 Å². The molecule has 0 saturated carbocycles. The van der Waals surface area contributed by atoms with Gasteiger partial charge in [0.1, 0.15) is 11.6 Å². The normalized spacial score (nSPS) is 14.2. The Morgan fingerprint density at radius 1 is 1.30 bits per heavy atom. The van der Waals surface area contributed by atoms with Gasteiger partial charge in [-0.1, -0.05) is 24.1 Å². The molecule has 7 heteroatoms. The largest absolute Gasteiger partial charge is 0.349 e. The summed E-state index contributed by atoms with van der Waals surface area (Å²) < 4.78 is 15.8. The highest BCUT2D eigenvalue weighted by atomic mass is 35.5. The van der Waals surface area contributed by atoms with Crippen LogP contribution in [0.3, 0.4) is 0 Å². The smallest absolute Gasteiger partial charge is 0.224 e. The van der Waals surface area contributed by atoms with E-state index >= 15 is 0 Å². The monoisotopic (exact) mass is 336 g/mol. The van der Waals surface area contributed by atoms with Crippen LogP contribution in [-0.4, -0.2) is 20.7 Å². The number of nitrogens with one attached hydrogen (secondary N) is 1. The van der Waals surface area contributed by atoms with Crippen LogP contribution < -0.4 is 5.32 Å². The van der Waals surface area contributed by atoms with Crippen molar-refractivity contribution < 1.29 is 9.18 Å². The van der Waals surface area contributed by atoms with Crippen molar-refractivity contribution in [2.45, 2.75) is 45.2 Å². The minimum atomic E-state index is -0.469. The molecule has 1 N–H and O–H groups in total. The predicted molar refractivity (Wildman–Crippen MR) is 84.5 cm³/mol. The average molecular weight is 337 g/mol. The van der Waals surface area contributed by atoms with Gasteiger partial charge in [0.2, 0.25) is 5.91 Å². The first-order valence-corrected chi connectivity index (χ1v) is 8.13.